The number of rotatable bonds is 4. The normalized spacial score (nSPS) is 10.9. The molecule has 0 spiro atoms. The largest absolute Gasteiger partial charge is 0.357 e. The van der Waals surface area contributed by atoms with Gasteiger partial charge in [0, 0.05) is 7.05 Å². The first kappa shape index (κ1) is 10.7. The quantitative estimate of drug-likeness (QED) is 0.587. The summed E-state index contributed by atoms with van der Waals surface area (Å²) in [4.78, 5) is 13.9. The Labute approximate surface area is 93.6 Å². The zero-order valence-electron chi connectivity index (χ0n) is 9.55. The first-order chi connectivity index (χ1) is 7.74. The van der Waals surface area contributed by atoms with E-state index < -0.39 is 0 Å². The summed E-state index contributed by atoms with van der Waals surface area (Å²) in [7, 11) is 1.88. The molecule has 0 saturated carbocycles. The minimum atomic E-state index is 0.488. The van der Waals surface area contributed by atoms with Crippen LogP contribution in [0.4, 0.5) is 5.82 Å². The average Bonchev–Trinajstić information content (AvgIpc) is 2.65. The molecule has 0 atom stereocenters. The highest BCUT2D eigenvalue weighted by Gasteiger charge is 2.15. The number of aromatic nitrogens is 4. The van der Waals surface area contributed by atoms with Gasteiger partial charge in [-0.2, -0.15) is 0 Å². The molecule has 2 N–H and O–H groups in total. The molecule has 6 heteroatoms. The second-order valence-electron chi connectivity index (χ2n) is 3.67. The smallest absolute Gasteiger partial charge is 0.289 e. The van der Waals surface area contributed by atoms with Crippen LogP contribution in [0, 0.1) is 0 Å². The fourth-order valence-electron chi connectivity index (χ4n) is 1.44. The van der Waals surface area contributed by atoms with Crippen molar-refractivity contribution < 1.29 is 9.57 Å². The summed E-state index contributed by atoms with van der Waals surface area (Å²) < 4.78 is 3.30. The lowest BCUT2D eigenvalue weighted by Gasteiger charge is -2.04. The summed E-state index contributed by atoms with van der Waals surface area (Å²) in [5, 5.41) is 0. The molecule has 0 aromatic carbocycles. The van der Waals surface area contributed by atoms with Gasteiger partial charge in [-0.15, -0.1) is 0 Å². The fraction of sp³-hybridized carbons (Fsp3) is 0.500. The molecule has 16 heavy (non-hydrogen) atoms. The number of unbranched alkanes of at least 4 members (excludes halogenated alkanes) is 1. The summed E-state index contributed by atoms with van der Waals surface area (Å²) in [6, 6.07) is 0. The van der Waals surface area contributed by atoms with Crippen molar-refractivity contribution in [3.63, 3.8) is 0 Å². The second kappa shape index (κ2) is 4.34. The van der Waals surface area contributed by atoms with E-state index in [1.54, 1.807) is 12.7 Å². The Kier molecular flexibility index (Phi) is 2.89. The predicted octanol–water partition coefficient (Wildman–Crippen LogP) is 0.0667. The highest BCUT2D eigenvalue weighted by molar-refractivity contribution is 5.79. The average molecular weight is 222 g/mol. The number of aryl methyl sites for hydroxylation is 1. The van der Waals surface area contributed by atoms with Crippen molar-refractivity contribution in [2.45, 2.75) is 19.8 Å². The zero-order chi connectivity index (χ0) is 11.5. The van der Waals surface area contributed by atoms with Crippen molar-refractivity contribution in [2.75, 3.05) is 12.3 Å². The van der Waals surface area contributed by atoms with Gasteiger partial charge in [0.05, 0.1) is 6.33 Å². The van der Waals surface area contributed by atoms with Gasteiger partial charge in [-0.25, -0.2) is 4.98 Å². The molecular weight excluding hydrogens is 206 g/mol. The van der Waals surface area contributed by atoms with E-state index in [1.165, 1.54) is 4.73 Å². The molecule has 0 aliphatic rings. The Morgan fingerprint density at radius 1 is 1.50 bits per heavy atom. The Morgan fingerprint density at radius 3 is 3.06 bits per heavy atom. The third-order valence-electron chi connectivity index (χ3n) is 2.40. The van der Waals surface area contributed by atoms with Gasteiger partial charge in [-0.05, 0) is 6.42 Å². The van der Waals surface area contributed by atoms with E-state index in [0.29, 0.717) is 17.9 Å². The third kappa shape index (κ3) is 1.78. The van der Waals surface area contributed by atoms with Crippen molar-refractivity contribution in [2.24, 2.45) is 7.05 Å². The van der Waals surface area contributed by atoms with E-state index >= 15 is 0 Å². The SMILES string of the molecule is CCCCO[n+]1cnc2c(ncn2C)c1N. The second-order valence-corrected chi connectivity index (χ2v) is 3.67. The lowest BCUT2D eigenvalue weighted by molar-refractivity contribution is -0.881. The molecule has 0 bridgehead atoms. The summed E-state index contributed by atoms with van der Waals surface area (Å²) >= 11 is 0. The molecule has 0 saturated heterocycles. The van der Waals surface area contributed by atoms with Crippen LogP contribution in [0.1, 0.15) is 19.8 Å². The van der Waals surface area contributed by atoms with Gasteiger partial charge in [-0.3, -0.25) is 0 Å². The third-order valence-corrected chi connectivity index (χ3v) is 2.40. The van der Waals surface area contributed by atoms with E-state index in [9.17, 15) is 0 Å². The maximum Gasteiger partial charge on any atom is 0.289 e. The minimum absolute atomic E-state index is 0.488. The minimum Gasteiger partial charge on any atom is -0.357 e. The molecule has 0 unspecified atom stereocenters. The molecule has 2 heterocycles. The van der Waals surface area contributed by atoms with Crippen LogP contribution in [0.2, 0.25) is 0 Å². The van der Waals surface area contributed by atoms with Crippen molar-refractivity contribution >= 4 is 17.0 Å². The van der Waals surface area contributed by atoms with Gasteiger partial charge >= 0.3 is 0 Å². The van der Waals surface area contributed by atoms with Gasteiger partial charge in [0.1, 0.15) is 6.61 Å². The molecule has 0 radical (unpaired) electrons. The van der Waals surface area contributed by atoms with Gasteiger partial charge in [-0.1, -0.05) is 23.1 Å². The Morgan fingerprint density at radius 2 is 2.31 bits per heavy atom. The molecule has 0 fully saturated rings. The number of nitrogens with two attached hydrogens (primary N) is 1. The number of hydrogen-bond donors (Lipinski definition) is 1. The summed E-state index contributed by atoms with van der Waals surface area (Å²) in [6.45, 7) is 2.74. The van der Waals surface area contributed by atoms with Gasteiger partial charge in [0.15, 0.2) is 0 Å². The number of imidazole rings is 1. The molecular formula is C10H16N5O+. The van der Waals surface area contributed by atoms with Crippen LogP contribution in [0.15, 0.2) is 12.7 Å². The molecule has 2 aromatic rings. The van der Waals surface area contributed by atoms with Crippen LogP contribution >= 0.6 is 0 Å². The van der Waals surface area contributed by atoms with E-state index in [4.69, 9.17) is 10.6 Å². The molecule has 86 valence electrons. The van der Waals surface area contributed by atoms with Crippen LogP contribution in [-0.4, -0.2) is 21.1 Å². The molecule has 0 aliphatic carbocycles. The lowest BCUT2D eigenvalue weighted by atomic mass is 10.4. The Hall–Kier alpha value is -1.85. The topological polar surface area (TPSA) is 69.8 Å². The van der Waals surface area contributed by atoms with E-state index in [1.807, 2.05) is 11.6 Å². The van der Waals surface area contributed by atoms with Crippen molar-refractivity contribution in [3.05, 3.63) is 12.7 Å². The number of anilines is 1. The van der Waals surface area contributed by atoms with E-state index in [-0.39, 0.29) is 0 Å². The number of fused-ring (bicyclic) bond motifs is 1. The van der Waals surface area contributed by atoms with Crippen LogP contribution in [-0.2, 0) is 7.05 Å². The first-order valence-electron chi connectivity index (χ1n) is 5.34. The molecule has 0 amide bonds. The van der Waals surface area contributed by atoms with Crippen LogP contribution < -0.4 is 15.3 Å². The highest BCUT2D eigenvalue weighted by Crippen LogP contribution is 2.10. The Balaban J connectivity index is 2.30. The van der Waals surface area contributed by atoms with Crippen LogP contribution in [0.3, 0.4) is 0 Å². The molecule has 2 aromatic heterocycles. The fourth-order valence-corrected chi connectivity index (χ4v) is 1.44. The predicted molar refractivity (Wildman–Crippen MR) is 59.5 cm³/mol. The Bertz CT molecular complexity index is 493. The van der Waals surface area contributed by atoms with Gasteiger partial charge < -0.3 is 15.1 Å². The molecule has 6 nitrogen and oxygen atoms in total. The maximum absolute atomic E-state index is 5.94. The summed E-state index contributed by atoms with van der Waals surface area (Å²) in [6.07, 6.45) is 5.34. The van der Waals surface area contributed by atoms with Crippen molar-refractivity contribution in [3.8, 4) is 0 Å². The zero-order valence-corrected chi connectivity index (χ0v) is 9.55. The van der Waals surface area contributed by atoms with E-state index in [2.05, 4.69) is 16.9 Å². The number of nitrogens with zero attached hydrogens (tertiary/aromatic N) is 4. The number of nitrogen functional groups attached to an aromatic ring is 1. The highest BCUT2D eigenvalue weighted by atomic mass is 16.7. The van der Waals surface area contributed by atoms with Gasteiger partial charge in [0.2, 0.25) is 11.2 Å². The van der Waals surface area contributed by atoms with Crippen LogP contribution in [0.5, 0.6) is 0 Å². The van der Waals surface area contributed by atoms with Crippen molar-refractivity contribution in [1.29, 1.82) is 0 Å². The van der Waals surface area contributed by atoms with Crippen LogP contribution in [0.25, 0.3) is 11.2 Å². The molecule has 0 aliphatic heterocycles. The monoisotopic (exact) mass is 222 g/mol. The standard InChI is InChI=1S/C10H15N5O/c1-3-4-5-16-15-7-13-10-8(9(15)11)12-6-14(10)2/h6-7,11H,3-5H2,1-2H3/p+1. The first-order valence-corrected chi connectivity index (χ1v) is 5.34. The van der Waals surface area contributed by atoms with E-state index in [0.717, 1.165) is 18.5 Å². The van der Waals surface area contributed by atoms with Gasteiger partial charge in [0.25, 0.3) is 12.1 Å². The molecule has 2 rings (SSSR count). The van der Waals surface area contributed by atoms with Crippen molar-refractivity contribution in [1.82, 2.24) is 14.5 Å². The lowest BCUT2D eigenvalue weighted by Crippen LogP contribution is -2.46. The summed E-state index contributed by atoms with van der Waals surface area (Å²) in [5.41, 5.74) is 7.36. The number of hydrogen-bond acceptors (Lipinski definition) is 4. The maximum atomic E-state index is 5.94. The summed E-state index contributed by atoms with van der Waals surface area (Å²) in [5.74, 6) is 0.488.